The van der Waals surface area contributed by atoms with E-state index < -0.39 is 0 Å². The molecule has 1 atom stereocenters. The maximum Gasteiger partial charge on any atom is 0.0931 e. The highest BCUT2D eigenvalue weighted by Gasteiger charge is 2.09. The zero-order chi connectivity index (χ0) is 13.0. The predicted octanol–water partition coefficient (Wildman–Crippen LogP) is 2.54. The minimum Gasteiger partial charge on any atom is -0.345 e. The lowest BCUT2D eigenvalue weighted by Gasteiger charge is -2.19. The van der Waals surface area contributed by atoms with Crippen LogP contribution < -0.4 is 0 Å². The van der Waals surface area contributed by atoms with Crippen LogP contribution in [0.1, 0.15) is 18.9 Å². The number of nitrogens with one attached hydrogen (secondary N) is 1. The number of aromatic nitrogens is 2. The van der Waals surface area contributed by atoms with Crippen LogP contribution in [0.15, 0.2) is 24.5 Å². The van der Waals surface area contributed by atoms with Gasteiger partial charge in [0.15, 0.2) is 0 Å². The van der Waals surface area contributed by atoms with E-state index in [-0.39, 0.29) is 5.92 Å². The molecule has 0 spiro atoms. The Kier molecular flexibility index (Phi) is 3.96. The molecular weight excluding hydrogens is 224 g/mol. The van der Waals surface area contributed by atoms with E-state index in [0.717, 1.165) is 30.5 Å². The number of benzene rings is 1. The summed E-state index contributed by atoms with van der Waals surface area (Å²) in [7, 11) is 2.05. The number of imidazole rings is 1. The molecule has 2 aromatic rings. The average molecular weight is 242 g/mol. The SMILES string of the molecule is CCC(C#N)CN(C)Cc1ccc2nc[nH]c2c1. The largest absolute Gasteiger partial charge is 0.345 e. The number of hydrogen-bond donors (Lipinski definition) is 1. The monoisotopic (exact) mass is 242 g/mol. The van der Waals surface area contributed by atoms with E-state index >= 15 is 0 Å². The van der Waals surface area contributed by atoms with Crippen molar-refractivity contribution in [3.05, 3.63) is 30.1 Å². The first-order valence-electron chi connectivity index (χ1n) is 6.23. The molecule has 0 aliphatic rings. The molecule has 0 saturated carbocycles. The minimum atomic E-state index is 0.117. The predicted molar refractivity (Wildman–Crippen MR) is 71.8 cm³/mol. The van der Waals surface area contributed by atoms with Gasteiger partial charge in [-0.3, -0.25) is 0 Å². The van der Waals surface area contributed by atoms with Gasteiger partial charge in [0.05, 0.1) is 29.3 Å². The van der Waals surface area contributed by atoms with Crippen molar-refractivity contribution in [1.82, 2.24) is 14.9 Å². The minimum absolute atomic E-state index is 0.117. The molecule has 0 aliphatic carbocycles. The van der Waals surface area contributed by atoms with Crippen LogP contribution in [0.4, 0.5) is 0 Å². The molecule has 4 heteroatoms. The second-order valence-electron chi connectivity index (χ2n) is 4.69. The van der Waals surface area contributed by atoms with Crippen molar-refractivity contribution in [2.24, 2.45) is 5.92 Å². The first-order chi connectivity index (χ1) is 8.72. The number of nitriles is 1. The summed E-state index contributed by atoms with van der Waals surface area (Å²) in [4.78, 5) is 9.51. The highest BCUT2D eigenvalue weighted by molar-refractivity contribution is 5.74. The molecule has 4 nitrogen and oxygen atoms in total. The van der Waals surface area contributed by atoms with Crippen LogP contribution in [0, 0.1) is 17.2 Å². The van der Waals surface area contributed by atoms with Gasteiger partial charge in [-0.15, -0.1) is 0 Å². The molecule has 1 aromatic carbocycles. The summed E-state index contributed by atoms with van der Waals surface area (Å²) in [6.07, 6.45) is 2.61. The molecule has 94 valence electrons. The van der Waals surface area contributed by atoms with E-state index in [1.54, 1.807) is 6.33 Å². The summed E-state index contributed by atoms with van der Waals surface area (Å²) >= 11 is 0. The third kappa shape index (κ3) is 2.88. The molecule has 0 aliphatic heterocycles. The van der Waals surface area contributed by atoms with E-state index in [2.05, 4.69) is 47.0 Å². The van der Waals surface area contributed by atoms with Crippen molar-refractivity contribution in [2.45, 2.75) is 19.9 Å². The summed E-state index contributed by atoms with van der Waals surface area (Å²) in [5.41, 5.74) is 3.29. The second-order valence-corrected chi connectivity index (χ2v) is 4.69. The third-order valence-electron chi connectivity index (χ3n) is 3.14. The van der Waals surface area contributed by atoms with Crippen LogP contribution in [0.25, 0.3) is 11.0 Å². The van der Waals surface area contributed by atoms with Gasteiger partial charge < -0.3 is 9.88 Å². The Morgan fingerprint density at radius 2 is 2.33 bits per heavy atom. The quantitative estimate of drug-likeness (QED) is 0.876. The molecule has 0 bridgehead atoms. The lowest BCUT2D eigenvalue weighted by atomic mass is 10.1. The van der Waals surface area contributed by atoms with Gasteiger partial charge in [0.2, 0.25) is 0 Å². The van der Waals surface area contributed by atoms with Crippen molar-refractivity contribution >= 4 is 11.0 Å². The summed E-state index contributed by atoms with van der Waals surface area (Å²) in [5.74, 6) is 0.117. The molecule has 1 N–H and O–H groups in total. The molecule has 1 aromatic heterocycles. The van der Waals surface area contributed by atoms with Gasteiger partial charge in [0.1, 0.15) is 0 Å². The molecular formula is C14H18N4. The Balaban J connectivity index is 2.02. The second kappa shape index (κ2) is 5.65. The molecule has 1 unspecified atom stereocenters. The summed E-state index contributed by atoms with van der Waals surface area (Å²) in [6, 6.07) is 8.57. The number of fused-ring (bicyclic) bond motifs is 1. The van der Waals surface area contributed by atoms with Crippen LogP contribution in [0.3, 0.4) is 0 Å². The Hall–Kier alpha value is -1.86. The Bertz CT molecular complexity index is 552. The fourth-order valence-electron chi connectivity index (χ4n) is 2.09. The van der Waals surface area contributed by atoms with Gasteiger partial charge in [0.25, 0.3) is 0 Å². The Labute approximate surface area is 107 Å². The highest BCUT2D eigenvalue weighted by atomic mass is 15.1. The standard InChI is InChI=1S/C14H18N4/c1-3-11(7-15)8-18(2)9-12-4-5-13-14(6-12)17-10-16-13/h4-6,10-11H,3,8-9H2,1-2H3,(H,16,17). The lowest BCUT2D eigenvalue weighted by Crippen LogP contribution is -2.24. The lowest BCUT2D eigenvalue weighted by molar-refractivity contribution is 0.292. The number of H-pyrrole nitrogens is 1. The topological polar surface area (TPSA) is 55.7 Å². The van der Waals surface area contributed by atoms with E-state index in [4.69, 9.17) is 5.26 Å². The van der Waals surface area contributed by atoms with E-state index in [1.807, 2.05) is 6.07 Å². The zero-order valence-corrected chi connectivity index (χ0v) is 10.8. The Morgan fingerprint density at radius 3 is 3.06 bits per heavy atom. The van der Waals surface area contributed by atoms with Crippen molar-refractivity contribution in [2.75, 3.05) is 13.6 Å². The van der Waals surface area contributed by atoms with Crippen molar-refractivity contribution in [3.63, 3.8) is 0 Å². The highest BCUT2D eigenvalue weighted by Crippen LogP contribution is 2.13. The number of hydrogen-bond acceptors (Lipinski definition) is 3. The van der Waals surface area contributed by atoms with Gasteiger partial charge >= 0.3 is 0 Å². The zero-order valence-electron chi connectivity index (χ0n) is 10.8. The molecule has 1 heterocycles. The normalized spacial score (nSPS) is 12.8. The van der Waals surface area contributed by atoms with Crippen LogP contribution in [-0.2, 0) is 6.54 Å². The van der Waals surface area contributed by atoms with E-state index in [0.29, 0.717) is 0 Å². The molecule has 0 fully saturated rings. The first kappa shape index (κ1) is 12.6. The van der Waals surface area contributed by atoms with Gasteiger partial charge in [-0.1, -0.05) is 13.0 Å². The van der Waals surface area contributed by atoms with Crippen LogP contribution in [-0.4, -0.2) is 28.5 Å². The van der Waals surface area contributed by atoms with Crippen LogP contribution in [0.5, 0.6) is 0 Å². The van der Waals surface area contributed by atoms with E-state index in [1.165, 1.54) is 5.56 Å². The smallest absolute Gasteiger partial charge is 0.0931 e. The van der Waals surface area contributed by atoms with Crippen LogP contribution >= 0.6 is 0 Å². The van der Waals surface area contributed by atoms with Gasteiger partial charge in [0, 0.05) is 13.1 Å². The first-order valence-corrected chi connectivity index (χ1v) is 6.23. The summed E-state index contributed by atoms with van der Waals surface area (Å²) in [6.45, 7) is 3.72. The van der Waals surface area contributed by atoms with Gasteiger partial charge in [-0.05, 0) is 31.2 Å². The molecule has 2 rings (SSSR count). The fraction of sp³-hybridized carbons (Fsp3) is 0.429. The number of rotatable bonds is 5. The molecule has 18 heavy (non-hydrogen) atoms. The van der Waals surface area contributed by atoms with Gasteiger partial charge in [-0.25, -0.2) is 4.98 Å². The summed E-state index contributed by atoms with van der Waals surface area (Å²) in [5, 5.41) is 8.96. The molecule has 0 amide bonds. The van der Waals surface area contributed by atoms with Crippen LogP contribution in [0.2, 0.25) is 0 Å². The maximum atomic E-state index is 8.96. The van der Waals surface area contributed by atoms with E-state index in [9.17, 15) is 0 Å². The van der Waals surface area contributed by atoms with Crippen molar-refractivity contribution in [3.8, 4) is 6.07 Å². The van der Waals surface area contributed by atoms with Crippen molar-refractivity contribution in [1.29, 1.82) is 5.26 Å². The summed E-state index contributed by atoms with van der Waals surface area (Å²) < 4.78 is 0. The van der Waals surface area contributed by atoms with Gasteiger partial charge in [-0.2, -0.15) is 5.26 Å². The Morgan fingerprint density at radius 1 is 1.50 bits per heavy atom. The third-order valence-corrected chi connectivity index (χ3v) is 3.14. The maximum absolute atomic E-state index is 8.96. The number of aromatic amines is 1. The fourth-order valence-corrected chi connectivity index (χ4v) is 2.09. The molecule has 0 saturated heterocycles. The van der Waals surface area contributed by atoms with Crippen molar-refractivity contribution < 1.29 is 0 Å². The average Bonchev–Trinajstić information content (AvgIpc) is 2.83. The molecule has 0 radical (unpaired) electrons. The number of nitrogens with zero attached hydrogens (tertiary/aromatic N) is 3.